The molecule has 0 bridgehead atoms. The van der Waals surface area contributed by atoms with Crippen molar-refractivity contribution in [1.29, 1.82) is 0 Å². The molecule has 1 amide bonds. The van der Waals surface area contributed by atoms with Crippen LogP contribution in [-0.2, 0) is 22.8 Å². The molecule has 4 rings (SSSR count). The van der Waals surface area contributed by atoms with Gasteiger partial charge in [0.05, 0.1) is 28.8 Å². The molecule has 0 unspecified atom stereocenters. The van der Waals surface area contributed by atoms with Gasteiger partial charge in [-0.1, -0.05) is 18.7 Å². The fraction of sp³-hybridized carbons (Fsp3) is 0.179. The molecule has 0 saturated heterocycles. The Morgan fingerprint density at radius 1 is 0.978 bits per heavy atom. The van der Waals surface area contributed by atoms with Crippen LogP contribution in [0.4, 0.5) is 60.9 Å². The van der Waals surface area contributed by atoms with E-state index in [1.165, 1.54) is 18.3 Å². The van der Waals surface area contributed by atoms with Gasteiger partial charge in [-0.15, -0.1) is 0 Å². The van der Waals surface area contributed by atoms with Crippen LogP contribution in [0, 0.1) is 0 Å². The Labute approximate surface area is 252 Å². The van der Waals surface area contributed by atoms with E-state index in [9.17, 15) is 31.1 Å². The van der Waals surface area contributed by atoms with Crippen molar-refractivity contribution in [3.8, 4) is 11.1 Å². The summed E-state index contributed by atoms with van der Waals surface area (Å²) in [5.74, 6) is -2.54. The van der Waals surface area contributed by atoms with Gasteiger partial charge in [-0.3, -0.25) is 9.48 Å². The second-order valence-corrected chi connectivity index (χ2v) is 9.31. The number of aliphatic carboxylic acids is 1. The summed E-state index contributed by atoms with van der Waals surface area (Å²) in [5, 5.41) is 20.3. The monoisotopic (exact) mass is 636 g/mol. The van der Waals surface area contributed by atoms with Crippen LogP contribution in [0.15, 0.2) is 73.7 Å². The lowest BCUT2D eigenvalue weighted by molar-refractivity contribution is -0.192. The number of rotatable bonds is 8. The van der Waals surface area contributed by atoms with E-state index in [1.54, 1.807) is 36.3 Å². The first-order chi connectivity index (χ1) is 21.0. The van der Waals surface area contributed by atoms with Crippen molar-refractivity contribution in [3.05, 3.63) is 79.3 Å². The van der Waals surface area contributed by atoms with Gasteiger partial charge in [0.15, 0.2) is 0 Å². The molecule has 2 aromatic carbocycles. The smallest absolute Gasteiger partial charge is 0.475 e. The Hall–Kier alpha value is -5.61. The van der Waals surface area contributed by atoms with Gasteiger partial charge in [-0.2, -0.15) is 36.4 Å². The van der Waals surface area contributed by atoms with Crippen LogP contribution >= 0.6 is 0 Å². The van der Waals surface area contributed by atoms with Crippen molar-refractivity contribution in [2.75, 3.05) is 34.9 Å². The molecular weight excluding hydrogens is 610 g/mol. The predicted octanol–water partition coefficient (Wildman–Crippen LogP) is 6.21. The van der Waals surface area contributed by atoms with Gasteiger partial charge in [0.1, 0.15) is 5.82 Å². The Bertz CT molecular complexity index is 1670. The van der Waals surface area contributed by atoms with Crippen LogP contribution in [0.3, 0.4) is 0 Å². The summed E-state index contributed by atoms with van der Waals surface area (Å²) in [7, 11) is 5.48. The summed E-state index contributed by atoms with van der Waals surface area (Å²) >= 11 is 0. The number of aryl methyl sites for hydroxylation is 1. The molecule has 0 aliphatic carbocycles. The predicted molar refractivity (Wildman–Crippen MR) is 156 cm³/mol. The molecule has 0 aliphatic rings. The fourth-order valence-electron chi connectivity index (χ4n) is 3.63. The minimum atomic E-state index is -5.08. The van der Waals surface area contributed by atoms with Crippen molar-refractivity contribution >= 4 is 46.4 Å². The molecule has 0 atom stereocenters. The highest BCUT2D eigenvalue weighted by Gasteiger charge is 2.38. The first-order valence-electron chi connectivity index (χ1n) is 12.6. The molecule has 2 heterocycles. The number of amides is 1. The number of nitrogens with one attached hydrogen (secondary N) is 3. The van der Waals surface area contributed by atoms with Crippen LogP contribution in [0.1, 0.15) is 5.56 Å². The lowest BCUT2D eigenvalue weighted by Gasteiger charge is -2.21. The maximum atomic E-state index is 13.1. The number of hydrogen-bond donors (Lipinski definition) is 4. The average molecular weight is 637 g/mol. The molecule has 45 heavy (non-hydrogen) atoms. The molecule has 4 aromatic rings. The van der Waals surface area contributed by atoms with Crippen LogP contribution in [-0.4, -0.2) is 57.0 Å². The van der Waals surface area contributed by atoms with Gasteiger partial charge >= 0.3 is 18.3 Å². The minimum absolute atomic E-state index is 0.249. The van der Waals surface area contributed by atoms with E-state index >= 15 is 0 Å². The largest absolute Gasteiger partial charge is 0.490 e. The number of aromatic nitrogens is 4. The van der Waals surface area contributed by atoms with Crippen molar-refractivity contribution in [2.45, 2.75) is 12.4 Å². The maximum Gasteiger partial charge on any atom is 0.490 e. The van der Waals surface area contributed by atoms with E-state index < -0.39 is 23.9 Å². The van der Waals surface area contributed by atoms with Crippen molar-refractivity contribution in [3.63, 3.8) is 0 Å². The summed E-state index contributed by atoms with van der Waals surface area (Å²) in [6, 6.07) is 10.0. The number of benzene rings is 2. The standard InChI is InChI=1S/C26H25F3N8O.C2HF3O2/c1-5-23(38)32-18-10-11-22(36(2)3)21(12-18)34-24-20(16-6-8-17(9-7-16)26(27,28)29)14-30-25(35-24)33-19-13-31-37(4)15-19;3-2(4,5)1(6)7/h5-15H,1H2,2-4H3,(H,32,38)(H2,30,33,34,35);(H,6,7). The minimum Gasteiger partial charge on any atom is -0.475 e. The van der Waals surface area contributed by atoms with E-state index in [0.717, 1.165) is 23.9 Å². The van der Waals surface area contributed by atoms with Crippen LogP contribution in [0.5, 0.6) is 0 Å². The summed E-state index contributed by atoms with van der Waals surface area (Å²) < 4.78 is 72.7. The molecule has 0 radical (unpaired) electrons. The second kappa shape index (κ2) is 13.8. The molecule has 4 N–H and O–H groups in total. The first-order valence-corrected chi connectivity index (χ1v) is 12.6. The van der Waals surface area contributed by atoms with Gasteiger partial charge in [0.25, 0.3) is 0 Å². The van der Waals surface area contributed by atoms with E-state index in [4.69, 9.17) is 9.90 Å². The summed E-state index contributed by atoms with van der Waals surface area (Å²) in [5.41, 5.74) is 2.74. The zero-order valence-electron chi connectivity index (χ0n) is 23.8. The lowest BCUT2D eigenvalue weighted by Crippen LogP contribution is -2.21. The maximum absolute atomic E-state index is 13.1. The molecule has 0 fully saturated rings. The number of carbonyl (C=O) groups excluding carboxylic acids is 1. The van der Waals surface area contributed by atoms with Gasteiger partial charge in [-0.25, -0.2) is 9.78 Å². The SMILES string of the molecule is C=CC(=O)Nc1ccc(N(C)C)c(Nc2nc(Nc3cnn(C)c3)ncc2-c2ccc(C(F)(F)F)cc2)c1.O=C(O)C(F)(F)F. The fourth-order valence-corrected chi connectivity index (χ4v) is 3.63. The third-order valence-electron chi connectivity index (χ3n) is 5.70. The highest BCUT2D eigenvalue weighted by atomic mass is 19.4. The van der Waals surface area contributed by atoms with Crippen LogP contribution in [0.2, 0.25) is 0 Å². The molecule has 0 saturated carbocycles. The molecule has 0 spiro atoms. The van der Waals surface area contributed by atoms with Gasteiger partial charge in [0.2, 0.25) is 11.9 Å². The number of carbonyl (C=O) groups is 2. The summed E-state index contributed by atoms with van der Waals surface area (Å²) in [6.45, 7) is 3.47. The van der Waals surface area contributed by atoms with E-state index in [2.05, 4.69) is 37.6 Å². The van der Waals surface area contributed by atoms with E-state index in [-0.39, 0.29) is 11.9 Å². The Kier molecular flexibility index (Phi) is 10.4. The Morgan fingerprint density at radius 3 is 2.13 bits per heavy atom. The second-order valence-electron chi connectivity index (χ2n) is 9.31. The average Bonchev–Trinajstić information content (AvgIpc) is 3.36. The van der Waals surface area contributed by atoms with Crippen molar-refractivity contribution in [1.82, 2.24) is 19.7 Å². The number of alkyl halides is 6. The molecular formula is C28H26F6N8O3. The molecule has 0 aliphatic heterocycles. The lowest BCUT2D eigenvalue weighted by atomic mass is 10.1. The zero-order chi connectivity index (χ0) is 33.5. The number of nitrogens with zero attached hydrogens (tertiary/aromatic N) is 5. The quantitative estimate of drug-likeness (QED) is 0.131. The van der Waals surface area contributed by atoms with Crippen molar-refractivity contribution < 1.29 is 41.0 Å². The first kappa shape index (κ1) is 33.9. The van der Waals surface area contributed by atoms with Gasteiger partial charge in [0, 0.05) is 44.8 Å². The number of carboxylic acids is 1. The molecule has 17 heteroatoms. The normalized spacial score (nSPS) is 11.1. The Balaban J connectivity index is 0.000000707. The summed E-state index contributed by atoms with van der Waals surface area (Å²) in [6.07, 6.45) is -3.50. The molecule has 2 aromatic heterocycles. The number of hydrogen-bond acceptors (Lipinski definition) is 8. The molecule has 238 valence electrons. The van der Waals surface area contributed by atoms with E-state index in [0.29, 0.717) is 34.0 Å². The van der Waals surface area contributed by atoms with Gasteiger partial charge in [-0.05, 0) is 42.0 Å². The number of anilines is 6. The van der Waals surface area contributed by atoms with Crippen LogP contribution in [0.25, 0.3) is 11.1 Å². The zero-order valence-corrected chi connectivity index (χ0v) is 23.8. The summed E-state index contributed by atoms with van der Waals surface area (Å²) in [4.78, 5) is 31.6. The van der Waals surface area contributed by atoms with Crippen molar-refractivity contribution in [2.24, 2.45) is 7.05 Å². The van der Waals surface area contributed by atoms with Gasteiger partial charge < -0.3 is 26.0 Å². The van der Waals surface area contributed by atoms with E-state index in [1.807, 2.05) is 25.1 Å². The third kappa shape index (κ3) is 9.44. The highest BCUT2D eigenvalue weighted by Crippen LogP contribution is 2.36. The van der Waals surface area contributed by atoms with Crippen LogP contribution < -0.4 is 20.9 Å². The topological polar surface area (TPSA) is 137 Å². The molecule has 11 nitrogen and oxygen atoms in total. The number of carboxylic acid groups (broad SMARTS) is 1. The Morgan fingerprint density at radius 2 is 1.62 bits per heavy atom. The number of halogens is 6. The highest BCUT2D eigenvalue weighted by molar-refractivity contribution is 5.99. The third-order valence-corrected chi connectivity index (χ3v) is 5.70.